The minimum Gasteiger partial charge on any atom is -0.468 e. The van der Waals surface area contributed by atoms with Crippen LogP contribution in [0.3, 0.4) is 0 Å². The Labute approximate surface area is 187 Å². The van der Waals surface area contributed by atoms with Crippen LogP contribution in [-0.2, 0) is 0 Å². The number of benzene rings is 1. The van der Waals surface area contributed by atoms with E-state index < -0.39 is 11.6 Å². The highest BCUT2D eigenvalue weighted by molar-refractivity contribution is 14.0. The highest BCUT2D eigenvalue weighted by Gasteiger charge is 2.23. The molecule has 0 aliphatic carbocycles. The van der Waals surface area contributed by atoms with Crippen molar-refractivity contribution in [2.75, 3.05) is 58.8 Å². The molecule has 1 aromatic heterocycles. The predicted octanol–water partition coefficient (Wildman–Crippen LogP) is 3.18. The number of guanidine groups is 1. The molecule has 6 nitrogen and oxygen atoms in total. The number of halogens is 3. The SMILES string of the molecule is CN=C(NCC(c1ccco1)N(C)C)N1CCN(c2cc(F)ccc2F)CC1.I. The van der Waals surface area contributed by atoms with Gasteiger partial charge in [-0.05, 0) is 38.4 Å². The topological polar surface area (TPSA) is 47.3 Å². The lowest BCUT2D eigenvalue weighted by atomic mass is 10.2. The molecule has 1 saturated heterocycles. The number of rotatable bonds is 5. The van der Waals surface area contributed by atoms with E-state index in [-0.39, 0.29) is 30.0 Å². The summed E-state index contributed by atoms with van der Waals surface area (Å²) < 4.78 is 33.0. The molecule has 0 saturated carbocycles. The van der Waals surface area contributed by atoms with Crippen LogP contribution in [0.4, 0.5) is 14.5 Å². The molecule has 160 valence electrons. The second-order valence-corrected chi connectivity index (χ2v) is 6.99. The summed E-state index contributed by atoms with van der Waals surface area (Å²) in [6, 6.07) is 7.49. The lowest BCUT2D eigenvalue weighted by Crippen LogP contribution is -2.53. The van der Waals surface area contributed by atoms with Gasteiger partial charge in [-0.2, -0.15) is 0 Å². The van der Waals surface area contributed by atoms with Crippen molar-refractivity contribution in [3.63, 3.8) is 0 Å². The molecular weight excluding hydrogens is 491 g/mol. The molecule has 1 fully saturated rings. The zero-order valence-electron chi connectivity index (χ0n) is 16.9. The average Bonchev–Trinajstić information content (AvgIpc) is 3.21. The fraction of sp³-hybridized carbons (Fsp3) is 0.450. The van der Waals surface area contributed by atoms with Gasteiger partial charge in [0.1, 0.15) is 17.4 Å². The molecule has 9 heteroatoms. The molecule has 29 heavy (non-hydrogen) atoms. The van der Waals surface area contributed by atoms with Crippen molar-refractivity contribution < 1.29 is 13.2 Å². The van der Waals surface area contributed by atoms with E-state index in [0.717, 1.165) is 17.8 Å². The van der Waals surface area contributed by atoms with Crippen LogP contribution in [-0.4, -0.2) is 69.6 Å². The van der Waals surface area contributed by atoms with Crippen LogP contribution in [0, 0.1) is 11.6 Å². The monoisotopic (exact) mass is 519 g/mol. The van der Waals surface area contributed by atoms with E-state index in [1.807, 2.05) is 31.1 Å². The summed E-state index contributed by atoms with van der Waals surface area (Å²) in [6.45, 7) is 3.17. The van der Waals surface area contributed by atoms with Gasteiger partial charge in [0.2, 0.25) is 0 Å². The van der Waals surface area contributed by atoms with E-state index >= 15 is 0 Å². The number of likely N-dealkylation sites (N-methyl/N-ethyl adjacent to an activating group) is 1. The minimum absolute atomic E-state index is 0. The predicted molar refractivity (Wildman–Crippen MR) is 122 cm³/mol. The maximum absolute atomic E-state index is 14.0. The van der Waals surface area contributed by atoms with Gasteiger partial charge in [-0.15, -0.1) is 24.0 Å². The highest BCUT2D eigenvalue weighted by atomic mass is 127. The van der Waals surface area contributed by atoms with Gasteiger partial charge in [-0.25, -0.2) is 8.78 Å². The molecule has 0 radical (unpaired) electrons. The molecule has 1 aromatic carbocycles. The summed E-state index contributed by atoms with van der Waals surface area (Å²) in [6.07, 6.45) is 1.67. The van der Waals surface area contributed by atoms with E-state index in [2.05, 4.69) is 20.1 Å². The number of furan rings is 1. The standard InChI is InChI=1S/C20H27F2N5O.HI/c1-23-20(24-14-18(25(2)3)19-5-4-12-28-19)27-10-8-26(9-11-27)17-13-15(21)6-7-16(17)22;/h4-7,12-13,18H,8-11,14H2,1-3H3,(H,23,24);1H. The number of nitrogens with one attached hydrogen (secondary N) is 1. The molecule has 1 aliphatic heterocycles. The van der Waals surface area contributed by atoms with E-state index in [9.17, 15) is 8.78 Å². The van der Waals surface area contributed by atoms with Gasteiger partial charge in [-0.3, -0.25) is 9.89 Å². The third kappa shape index (κ3) is 5.81. The fourth-order valence-electron chi connectivity index (χ4n) is 3.43. The number of piperazine rings is 1. The van der Waals surface area contributed by atoms with Crippen molar-refractivity contribution >= 4 is 35.6 Å². The lowest BCUT2D eigenvalue weighted by molar-refractivity contribution is 0.255. The molecule has 0 spiro atoms. The summed E-state index contributed by atoms with van der Waals surface area (Å²) in [5.41, 5.74) is 0.313. The van der Waals surface area contributed by atoms with Gasteiger partial charge in [0.25, 0.3) is 0 Å². The Morgan fingerprint density at radius 1 is 1.21 bits per heavy atom. The summed E-state index contributed by atoms with van der Waals surface area (Å²) in [5, 5.41) is 3.41. The highest BCUT2D eigenvalue weighted by Crippen LogP contribution is 2.22. The van der Waals surface area contributed by atoms with Crippen LogP contribution >= 0.6 is 24.0 Å². The molecular formula is C20H28F2IN5O. The summed E-state index contributed by atoms with van der Waals surface area (Å²) in [5.74, 6) is 0.853. The molecule has 3 rings (SSSR count). The fourth-order valence-corrected chi connectivity index (χ4v) is 3.43. The summed E-state index contributed by atoms with van der Waals surface area (Å²) in [4.78, 5) is 10.5. The molecule has 0 bridgehead atoms. The van der Waals surface area contributed by atoms with E-state index in [0.29, 0.717) is 38.4 Å². The van der Waals surface area contributed by atoms with Gasteiger partial charge < -0.3 is 19.5 Å². The first kappa shape index (κ1) is 23.4. The largest absolute Gasteiger partial charge is 0.468 e. The Bertz CT molecular complexity index is 792. The quantitative estimate of drug-likeness (QED) is 0.374. The molecule has 1 N–H and O–H groups in total. The van der Waals surface area contributed by atoms with Crippen molar-refractivity contribution in [1.82, 2.24) is 15.1 Å². The molecule has 1 atom stereocenters. The number of hydrogen-bond donors (Lipinski definition) is 1. The van der Waals surface area contributed by atoms with Crippen LogP contribution in [0.5, 0.6) is 0 Å². The molecule has 0 amide bonds. The minimum atomic E-state index is -0.427. The number of nitrogens with zero attached hydrogens (tertiary/aromatic N) is 4. The van der Waals surface area contributed by atoms with Crippen molar-refractivity contribution in [2.45, 2.75) is 6.04 Å². The van der Waals surface area contributed by atoms with Crippen molar-refractivity contribution in [1.29, 1.82) is 0 Å². The van der Waals surface area contributed by atoms with Gasteiger partial charge in [0.15, 0.2) is 5.96 Å². The smallest absolute Gasteiger partial charge is 0.193 e. The van der Waals surface area contributed by atoms with Crippen LogP contribution in [0.25, 0.3) is 0 Å². The Morgan fingerprint density at radius 2 is 1.93 bits per heavy atom. The lowest BCUT2D eigenvalue weighted by Gasteiger charge is -2.38. The Hall–Kier alpha value is -1.88. The van der Waals surface area contributed by atoms with E-state index in [1.165, 1.54) is 12.1 Å². The second-order valence-electron chi connectivity index (χ2n) is 6.99. The zero-order valence-corrected chi connectivity index (χ0v) is 19.3. The Morgan fingerprint density at radius 3 is 2.52 bits per heavy atom. The molecule has 2 aromatic rings. The van der Waals surface area contributed by atoms with Crippen molar-refractivity contribution in [3.8, 4) is 0 Å². The van der Waals surface area contributed by atoms with Crippen LogP contribution in [0.15, 0.2) is 46.0 Å². The van der Waals surface area contributed by atoms with Gasteiger partial charge in [0, 0.05) is 45.8 Å². The number of hydrogen-bond acceptors (Lipinski definition) is 4. The zero-order chi connectivity index (χ0) is 20.1. The number of aliphatic imine (C=N–C) groups is 1. The third-order valence-corrected chi connectivity index (χ3v) is 4.99. The average molecular weight is 519 g/mol. The van der Waals surface area contributed by atoms with Crippen LogP contribution in [0.1, 0.15) is 11.8 Å². The van der Waals surface area contributed by atoms with Crippen molar-refractivity contribution in [2.24, 2.45) is 4.99 Å². The van der Waals surface area contributed by atoms with Crippen LogP contribution < -0.4 is 10.2 Å². The Kier molecular flexibility index (Phi) is 8.69. The van der Waals surface area contributed by atoms with Crippen molar-refractivity contribution in [3.05, 3.63) is 54.0 Å². The first-order valence-corrected chi connectivity index (χ1v) is 9.35. The van der Waals surface area contributed by atoms with Gasteiger partial charge >= 0.3 is 0 Å². The third-order valence-electron chi connectivity index (χ3n) is 4.99. The normalized spacial score (nSPS) is 16.0. The molecule has 1 unspecified atom stereocenters. The second kappa shape index (κ2) is 10.8. The molecule has 1 aliphatic rings. The van der Waals surface area contributed by atoms with Crippen LogP contribution in [0.2, 0.25) is 0 Å². The maximum atomic E-state index is 14.0. The summed E-state index contributed by atoms with van der Waals surface area (Å²) in [7, 11) is 5.76. The number of anilines is 1. The summed E-state index contributed by atoms with van der Waals surface area (Å²) >= 11 is 0. The van der Waals surface area contributed by atoms with E-state index in [1.54, 1.807) is 13.3 Å². The first-order valence-electron chi connectivity index (χ1n) is 9.35. The molecule has 2 heterocycles. The van der Waals surface area contributed by atoms with Gasteiger partial charge in [-0.1, -0.05) is 0 Å². The maximum Gasteiger partial charge on any atom is 0.193 e. The van der Waals surface area contributed by atoms with E-state index in [4.69, 9.17) is 4.42 Å². The van der Waals surface area contributed by atoms with Gasteiger partial charge in [0.05, 0.1) is 18.0 Å². The Balaban J connectivity index is 0.00000300. The first-order chi connectivity index (χ1) is 13.5.